The van der Waals surface area contributed by atoms with E-state index >= 15 is 0 Å². The summed E-state index contributed by atoms with van der Waals surface area (Å²) in [5.74, 6) is 1.62. The van der Waals surface area contributed by atoms with Crippen molar-refractivity contribution in [3.63, 3.8) is 0 Å². The Morgan fingerprint density at radius 3 is 2.77 bits per heavy atom. The topological polar surface area (TPSA) is 66.5 Å². The number of rotatable bonds is 7. The molecule has 1 aliphatic rings. The molecule has 1 aliphatic heterocycles. The Kier molecular flexibility index (Phi) is 6.25. The monoisotopic (exact) mass is 402 g/mol. The fourth-order valence-corrected chi connectivity index (χ4v) is 3.61. The quantitative estimate of drug-likeness (QED) is 0.631. The largest absolute Gasteiger partial charge is 0.497 e. The number of methoxy groups -OCH3 is 1. The van der Waals surface area contributed by atoms with Crippen LogP contribution >= 0.6 is 0 Å². The first-order chi connectivity index (χ1) is 14.7. The average molecular weight is 402 g/mol. The van der Waals surface area contributed by atoms with Crippen molar-refractivity contribution < 1.29 is 9.53 Å². The Bertz CT molecular complexity index is 976. The number of aromatic nitrogens is 1. The maximum atomic E-state index is 12.4. The molecule has 0 radical (unpaired) electrons. The van der Waals surface area contributed by atoms with Crippen LogP contribution in [0.1, 0.15) is 22.3 Å². The third-order valence-corrected chi connectivity index (χ3v) is 5.28. The molecule has 0 bridgehead atoms. The maximum Gasteiger partial charge on any atom is 0.257 e. The number of anilines is 2. The van der Waals surface area contributed by atoms with Crippen LogP contribution in [0.2, 0.25) is 0 Å². The van der Waals surface area contributed by atoms with Gasteiger partial charge in [-0.05, 0) is 48.4 Å². The van der Waals surface area contributed by atoms with E-state index in [9.17, 15) is 4.79 Å². The fraction of sp³-hybridized carbons (Fsp3) is 0.250. The summed E-state index contributed by atoms with van der Waals surface area (Å²) < 4.78 is 5.29. The van der Waals surface area contributed by atoms with Crippen LogP contribution in [-0.4, -0.2) is 37.1 Å². The molecule has 2 heterocycles. The van der Waals surface area contributed by atoms with Crippen molar-refractivity contribution >= 4 is 17.4 Å². The Labute approximate surface area is 176 Å². The van der Waals surface area contributed by atoms with Crippen LogP contribution in [0, 0.1) is 0 Å². The lowest BCUT2D eigenvalue weighted by molar-refractivity contribution is 0.102. The number of para-hydroxylation sites is 1. The van der Waals surface area contributed by atoms with Gasteiger partial charge in [-0.25, -0.2) is 4.98 Å². The van der Waals surface area contributed by atoms with E-state index < -0.39 is 0 Å². The summed E-state index contributed by atoms with van der Waals surface area (Å²) in [6, 6.07) is 21.7. The number of amides is 1. The summed E-state index contributed by atoms with van der Waals surface area (Å²) >= 11 is 0. The minimum atomic E-state index is -0.153. The summed E-state index contributed by atoms with van der Waals surface area (Å²) in [6.07, 6.45) is 2.70. The number of ether oxygens (including phenoxy) is 1. The van der Waals surface area contributed by atoms with E-state index in [2.05, 4.69) is 32.7 Å². The first-order valence-electron chi connectivity index (χ1n) is 10.1. The number of carbonyl (C=O) groups excluding carboxylic acids is 1. The Morgan fingerprint density at radius 2 is 2.00 bits per heavy atom. The van der Waals surface area contributed by atoms with E-state index in [4.69, 9.17) is 4.74 Å². The van der Waals surface area contributed by atoms with Gasteiger partial charge in [0, 0.05) is 37.6 Å². The lowest BCUT2D eigenvalue weighted by Gasteiger charge is -2.18. The van der Waals surface area contributed by atoms with Gasteiger partial charge in [-0.3, -0.25) is 4.79 Å². The summed E-state index contributed by atoms with van der Waals surface area (Å²) in [6.45, 7) is 2.65. The second kappa shape index (κ2) is 9.41. The highest BCUT2D eigenvalue weighted by Crippen LogP contribution is 2.20. The lowest BCUT2D eigenvalue weighted by Crippen LogP contribution is -2.32. The number of benzene rings is 2. The van der Waals surface area contributed by atoms with Gasteiger partial charge in [-0.1, -0.05) is 30.3 Å². The molecule has 0 aliphatic carbocycles. The highest BCUT2D eigenvalue weighted by molar-refractivity contribution is 6.04. The normalized spacial score (nSPS) is 15.8. The molecular weight excluding hydrogens is 376 g/mol. The van der Waals surface area contributed by atoms with Crippen LogP contribution in [0.3, 0.4) is 0 Å². The van der Waals surface area contributed by atoms with Crippen molar-refractivity contribution in [3.05, 3.63) is 84.1 Å². The minimum absolute atomic E-state index is 0.153. The smallest absolute Gasteiger partial charge is 0.257 e. The van der Waals surface area contributed by atoms with Crippen LogP contribution in [0.15, 0.2) is 72.9 Å². The molecule has 1 atom stereocenters. The number of nitrogens with zero attached hydrogens (tertiary/aromatic N) is 2. The second-order valence-corrected chi connectivity index (χ2v) is 7.39. The molecular formula is C24H26N4O2. The van der Waals surface area contributed by atoms with Crippen LogP contribution < -0.4 is 20.3 Å². The predicted octanol–water partition coefficient (Wildman–Crippen LogP) is 3.71. The Morgan fingerprint density at radius 1 is 1.13 bits per heavy atom. The van der Waals surface area contributed by atoms with Crippen LogP contribution in [0.5, 0.6) is 5.75 Å². The van der Waals surface area contributed by atoms with E-state index in [0.717, 1.165) is 43.3 Å². The molecule has 1 fully saturated rings. The van der Waals surface area contributed by atoms with E-state index in [-0.39, 0.29) is 5.91 Å². The number of hydrogen-bond acceptors (Lipinski definition) is 5. The number of hydrogen-bond donors (Lipinski definition) is 2. The fourth-order valence-electron chi connectivity index (χ4n) is 3.61. The van der Waals surface area contributed by atoms with Crippen molar-refractivity contribution in [2.45, 2.75) is 19.0 Å². The van der Waals surface area contributed by atoms with Crippen molar-refractivity contribution in [1.29, 1.82) is 0 Å². The van der Waals surface area contributed by atoms with E-state index in [1.54, 1.807) is 13.3 Å². The third kappa shape index (κ3) is 4.96. The van der Waals surface area contributed by atoms with Gasteiger partial charge < -0.3 is 20.3 Å². The summed E-state index contributed by atoms with van der Waals surface area (Å²) in [5, 5.41) is 6.50. The molecule has 2 N–H and O–H groups in total. The molecule has 4 rings (SSSR count). The summed E-state index contributed by atoms with van der Waals surface area (Å²) in [4.78, 5) is 19.2. The highest BCUT2D eigenvalue weighted by Gasteiger charge is 2.23. The van der Waals surface area contributed by atoms with Gasteiger partial charge in [0.1, 0.15) is 11.6 Å². The zero-order valence-electron chi connectivity index (χ0n) is 17.0. The third-order valence-electron chi connectivity index (χ3n) is 5.28. The Balaban J connectivity index is 1.30. The highest BCUT2D eigenvalue weighted by atomic mass is 16.5. The molecule has 0 spiro atoms. The summed E-state index contributed by atoms with van der Waals surface area (Å²) in [5.41, 5.74) is 2.53. The standard InChI is InChI=1S/C24H26N4O2/c1-30-22-9-5-6-18(14-22)15-25-21-12-13-28(17-21)23-11-10-19(16-26-23)24(29)27-20-7-3-2-4-8-20/h2-11,14,16,21,25H,12-13,15,17H2,1H3,(H,27,29)/t21-/m0/s1. The van der Waals surface area contributed by atoms with Gasteiger partial charge in [0.25, 0.3) is 5.91 Å². The van der Waals surface area contributed by atoms with Crippen LogP contribution in [0.25, 0.3) is 0 Å². The molecule has 6 heteroatoms. The molecule has 1 aromatic heterocycles. The first-order valence-corrected chi connectivity index (χ1v) is 10.1. The molecule has 2 aromatic carbocycles. The van der Waals surface area contributed by atoms with Crippen LogP contribution in [-0.2, 0) is 6.54 Å². The van der Waals surface area contributed by atoms with Crippen molar-refractivity contribution in [3.8, 4) is 5.75 Å². The van der Waals surface area contributed by atoms with Gasteiger partial charge in [0.05, 0.1) is 12.7 Å². The van der Waals surface area contributed by atoms with Gasteiger partial charge in [-0.15, -0.1) is 0 Å². The Hall–Kier alpha value is -3.38. The molecule has 1 saturated heterocycles. The van der Waals surface area contributed by atoms with Gasteiger partial charge in [0.15, 0.2) is 0 Å². The maximum absolute atomic E-state index is 12.4. The molecule has 0 saturated carbocycles. The number of nitrogens with one attached hydrogen (secondary N) is 2. The number of carbonyl (C=O) groups is 1. The average Bonchev–Trinajstić information content (AvgIpc) is 3.28. The minimum Gasteiger partial charge on any atom is -0.497 e. The predicted molar refractivity (Wildman–Crippen MR) is 119 cm³/mol. The van der Waals surface area contributed by atoms with E-state index in [1.165, 1.54) is 5.56 Å². The molecule has 30 heavy (non-hydrogen) atoms. The van der Waals surface area contributed by atoms with E-state index in [0.29, 0.717) is 11.6 Å². The van der Waals surface area contributed by atoms with Crippen molar-refractivity contribution in [2.75, 3.05) is 30.4 Å². The van der Waals surface area contributed by atoms with Crippen molar-refractivity contribution in [1.82, 2.24) is 10.3 Å². The van der Waals surface area contributed by atoms with E-state index in [1.807, 2.05) is 54.6 Å². The second-order valence-electron chi connectivity index (χ2n) is 7.39. The first kappa shape index (κ1) is 19.9. The van der Waals surface area contributed by atoms with Crippen molar-refractivity contribution in [2.24, 2.45) is 0 Å². The SMILES string of the molecule is COc1cccc(CN[C@H]2CCN(c3ccc(C(=O)Nc4ccccc4)cn3)C2)c1. The zero-order chi connectivity index (χ0) is 20.8. The molecule has 0 unspecified atom stereocenters. The van der Waals surface area contributed by atoms with Gasteiger partial charge >= 0.3 is 0 Å². The van der Waals surface area contributed by atoms with Gasteiger partial charge in [0.2, 0.25) is 0 Å². The molecule has 1 amide bonds. The molecule has 3 aromatic rings. The molecule has 6 nitrogen and oxygen atoms in total. The zero-order valence-corrected chi connectivity index (χ0v) is 17.0. The lowest BCUT2D eigenvalue weighted by atomic mass is 10.2. The van der Waals surface area contributed by atoms with Crippen LogP contribution in [0.4, 0.5) is 11.5 Å². The number of pyridine rings is 1. The molecule has 154 valence electrons. The van der Waals surface area contributed by atoms with Gasteiger partial charge in [-0.2, -0.15) is 0 Å². The summed E-state index contributed by atoms with van der Waals surface area (Å²) in [7, 11) is 1.69.